The van der Waals surface area contributed by atoms with Gasteiger partial charge in [0.05, 0.1) is 12.3 Å². The largest absolute Gasteiger partial charge is 0.490 e. The van der Waals surface area contributed by atoms with Gasteiger partial charge in [-0.05, 0) is 79.1 Å². The molecular formula is C24H27ClN2O2S. The van der Waals surface area contributed by atoms with Crippen molar-refractivity contribution in [1.82, 2.24) is 4.72 Å². The molecule has 2 aliphatic rings. The molecule has 1 aliphatic heterocycles. The van der Waals surface area contributed by atoms with Crippen molar-refractivity contribution in [2.45, 2.75) is 42.4 Å². The van der Waals surface area contributed by atoms with E-state index in [4.69, 9.17) is 16.3 Å². The van der Waals surface area contributed by atoms with Crippen LogP contribution in [0.5, 0.6) is 5.75 Å². The van der Waals surface area contributed by atoms with Crippen molar-refractivity contribution in [2.24, 2.45) is 0 Å². The molecule has 30 heavy (non-hydrogen) atoms. The van der Waals surface area contributed by atoms with Gasteiger partial charge in [-0.15, -0.1) is 6.58 Å². The van der Waals surface area contributed by atoms with E-state index in [1.54, 1.807) is 6.08 Å². The van der Waals surface area contributed by atoms with Crippen LogP contribution in [0.4, 0.5) is 5.69 Å². The van der Waals surface area contributed by atoms with E-state index < -0.39 is 0 Å². The second kappa shape index (κ2) is 8.94. The van der Waals surface area contributed by atoms with Gasteiger partial charge in [0.15, 0.2) is 0 Å². The lowest BCUT2D eigenvalue weighted by Gasteiger charge is -2.39. The van der Waals surface area contributed by atoms with Gasteiger partial charge in [0.2, 0.25) is 5.91 Å². The number of halogens is 1. The molecular weight excluding hydrogens is 416 g/mol. The van der Waals surface area contributed by atoms with Crippen LogP contribution in [0, 0.1) is 0 Å². The molecule has 0 bridgehead atoms. The van der Waals surface area contributed by atoms with Crippen LogP contribution in [0.25, 0.3) is 0 Å². The van der Waals surface area contributed by atoms with Gasteiger partial charge < -0.3 is 9.64 Å². The van der Waals surface area contributed by atoms with E-state index in [2.05, 4.69) is 41.4 Å². The third-order valence-corrected chi connectivity index (χ3v) is 7.04. The maximum absolute atomic E-state index is 11.9. The summed E-state index contributed by atoms with van der Waals surface area (Å²) >= 11 is 7.60. The predicted octanol–water partition coefficient (Wildman–Crippen LogP) is 5.53. The molecule has 4 rings (SSSR count). The number of aryl methyl sites for hydroxylation is 1. The Morgan fingerprint density at radius 3 is 3.07 bits per heavy atom. The number of nitrogens with one attached hydrogen (secondary N) is 1. The van der Waals surface area contributed by atoms with Gasteiger partial charge in [-0.1, -0.05) is 23.7 Å². The Labute approximate surface area is 187 Å². The summed E-state index contributed by atoms with van der Waals surface area (Å²) in [4.78, 5) is 15.2. The molecule has 0 fully saturated rings. The Morgan fingerprint density at radius 1 is 1.37 bits per heavy atom. The number of likely N-dealkylation sites (N-methyl/N-ethyl adjacent to an activating group) is 1. The number of rotatable bonds is 5. The number of carbonyl (C=O) groups is 1. The summed E-state index contributed by atoms with van der Waals surface area (Å²) in [5.41, 5.74) is 3.72. The molecule has 0 aromatic heterocycles. The molecule has 1 amide bonds. The molecule has 2 aromatic carbocycles. The highest BCUT2D eigenvalue weighted by atomic mass is 35.5. The van der Waals surface area contributed by atoms with Gasteiger partial charge in [-0.2, -0.15) is 0 Å². The summed E-state index contributed by atoms with van der Waals surface area (Å²) in [5.74, 6) is 0.897. The van der Waals surface area contributed by atoms with Gasteiger partial charge in [0.25, 0.3) is 0 Å². The lowest BCUT2D eigenvalue weighted by Crippen LogP contribution is -2.44. The number of benzene rings is 2. The van der Waals surface area contributed by atoms with E-state index in [0.29, 0.717) is 19.4 Å². The highest BCUT2D eigenvalue weighted by molar-refractivity contribution is 7.98. The van der Waals surface area contributed by atoms with Crippen molar-refractivity contribution in [2.75, 3.05) is 25.1 Å². The molecule has 4 nitrogen and oxygen atoms in total. The molecule has 0 saturated heterocycles. The summed E-state index contributed by atoms with van der Waals surface area (Å²) in [6, 6.07) is 12.4. The number of hydrogen-bond donors (Lipinski definition) is 1. The Hall–Kier alpha value is -2.11. The van der Waals surface area contributed by atoms with Gasteiger partial charge in [-0.3, -0.25) is 9.52 Å². The summed E-state index contributed by atoms with van der Waals surface area (Å²) in [5, 5.41) is 0.800. The number of carbonyl (C=O) groups excluding carboxylic acids is 1. The number of allylic oxidation sites excluding steroid dienone is 1. The lowest BCUT2D eigenvalue weighted by atomic mass is 9.70. The van der Waals surface area contributed by atoms with Gasteiger partial charge >= 0.3 is 0 Å². The number of anilines is 1. The zero-order chi connectivity index (χ0) is 21.1. The minimum Gasteiger partial charge on any atom is -0.490 e. The second-order valence-corrected chi connectivity index (χ2v) is 9.48. The third kappa shape index (κ3) is 4.33. The molecule has 0 saturated carbocycles. The highest BCUT2D eigenvalue weighted by Crippen LogP contribution is 2.44. The van der Waals surface area contributed by atoms with Gasteiger partial charge in [0.1, 0.15) is 5.75 Å². The SMILES string of the molecule is C=CCCC(=O)NSc1ccc2c(c1)N(C)C[C@@]1(CCCc3cc(Cl)ccc31)CO2. The fraction of sp³-hybridized carbons (Fsp3) is 0.375. The van der Waals surface area contributed by atoms with Crippen molar-refractivity contribution < 1.29 is 9.53 Å². The van der Waals surface area contributed by atoms with Crippen LogP contribution in [-0.2, 0) is 16.6 Å². The average Bonchev–Trinajstić information content (AvgIpc) is 2.87. The summed E-state index contributed by atoms with van der Waals surface area (Å²) in [7, 11) is 2.12. The number of amides is 1. The van der Waals surface area contributed by atoms with Crippen LogP contribution < -0.4 is 14.4 Å². The van der Waals surface area contributed by atoms with E-state index in [0.717, 1.165) is 47.2 Å². The summed E-state index contributed by atoms with van der Waals surface area (Å²) in [6.07, 6.45) is 6.20. The standard InChI is InChI=1S/C24H27ClN2O2S/c1-3-4-7-23(28)26-30-19-9-11-22-21(14-19)27(2)15-24(16-29-22)12-5-6-17-13-18(25)8-10-20(17)24/h3,8-11,13-14H,1,4-7,12,15-16H2,2H3,(H,26,28)/t24-/m0/s1. The first-order chi connectivity index (χ1) is 14.5. The van der Waals surface area contributed by atoms with Crippen LogP contribution in [0.2, 0.25) is 5.02 Å². The van der Waals surface area contributed by atoms with Crippen molar-refractivity contribution in [3.05, 3.63) is 65.2 Å². The van der Waals surface area contributed by atoms with E-state index >= 15 is 0 Å². The van der Waals surface area contributed by atoms with E-state index in [1.807, 2.05) is 18.2 Å². The highest BCUT2D eigenvalue weighted by Gasteiger charge is 2.40. The van der Waals surface area contributed by atoms with E-state index in [-0.39, 0.29) is 11.3 Å². The van der Waals surface area contributed by atoms with Crippen LogP contribution in [0.15, 0.2) is 53.9 Å². The second-order valence-electron chi connectivity index (χ2n) is 8.16. The molecule has 0 radical (unpaired) electrons. The molecule has 6 heteroatoms. The van der Waals surface area contributed by atoms with Crippen molar-refractivity contribution >= 4 is 35.1 Å². The molecule has 1 N–H and O–H groups in total. The number of ether oxygens (including phenoxy) is 1. The maximum atomic E-state index is 11.9. The van der Waals surface area contributed by atoms with Gasteiger partial charge in [0, 0.05) is 35.3 Å². The fourth-order valence-corrected chi connectivity index (χ4v) is 5.37. The van der Waals surface area contributed by atoms with Crippen molar-refractivity contribution in [1.29, 1.82) is 0 Å². The van der Waals surface area contributed by atoms with Crippen LogP contribution >= 0.6 is 23.5 Å². The molecule has 1 aliphatic carbocycles. The molecule has 0 unspecified atom stereocenters. The Bertz CT molecular complexity index is 964. The lowest BCUT2D eigenvalue weighted by molar-refractivity contribution is -0.119. The van der Waals surface area contributed by atoms with E-state index in [1.165, 1.54) is 23.1 Å². The normalized spacial score (nSPS) is 20.0. The van der Waals surface area contributed by atoms with E-state index in [9.17, 15) is 4.79 Å². The van der Waals surface area contributed by atoms with Crippen LogP contribution in [0.1, 0.15) is 36.8 Å². The molecule has 1 spiro atoms. The third-order valence-electron chi connectivity index (χ3n) is 5.98. The summed E-state index contributed by atoms with van der Waals surface area (Å²) < 4.78 is 9.25. The maximum Gasteiger partial charge on any atom is 0.230 e. The first kappa shape index (κ1) is 21.1. The Balaban J connectivity index is 1.54. The number of hydrogen-bond acceptors (Lipinski definition) is 4. The fourth-order valence-electron chi connectivity index (χ4n) is 4.53. The Kier molecular flexibility index (Phi) is 6.30. The average molecular weight is 443 g/mol. The van der Waals surface area contributed by atoms with Crippen molar-refractivity contribution in [3.8, 4) is 5.75 Å². The monoisotopic (exact) mass is 442 g/mol. The smallest absolute Gasteiger partial charge is 0.230 e. The first-order valence-electron chi connectivity index (χ1n) is 10.3. The van der Waals surface area contributed by atoms with Crippen LogP contribution in [0.3, 0.4) is 0 Å². The zero-order valence-electron chi connectivity index (χ0n) is 17.2. The number of nitrogens with zero attached hydrogens (tertiary/aromatic N) is 1. The molecule has 158 valence electrons. The van der Waals surface area contributed by atoms with Crippen LogP contribution in [-0.4, -0.2) is 26.1 Å². The quantitative estimate of drug-likeness (QED) is 0.488. The first-order valence-corrected chi connectivity index (χ1v) is 11.5. The minimum atomic E-state index is -0.0435. The van der Waals surface area contributed by atoms with Crippen molar-refractivity contribution in [3.63, 3.8) is 0 Å². The molecule has 1 atom stereocenters. The molecule has 2 aromatic rings. The van der Waals surface area contributed by atoms with Gasteiger partial charge in [-0.25, -0.2) is 0 Å². The summed E-state index contributed by atoms with van der Waals surface area (Å²) in [6.45, 7) is 5.20. The Morgan fingerprint density at radius 2 is 2.23 bits per heavy atom. The topological polar surface area (TPSA) is 41.6 Å². The minimum absolute atomic E-state index is 0.0101. The zero-order valence-corrected chi connectivity index (χ0v) is 18.8. The predicted molar refractivity (Wildman–Crippen MR) is 125 cm³/mol. The number of fused-ring (bicyclic) bond motifs is 3. The molecule has 1 heterocycles.